The van der Waals surface area contributed by atoms with E-state index in [0.29, 0.717) is 19.6 Å². The lowest BCUT2D eigenvalue weighted by Gasteiger charge is -2.35. The third-order valence-electron chi connectivity index (χ3n) is 4.67. The van der Waals surface area contributed by atoms with E-state index in [1.807, 2.05) is 23.1 Å². The summed E-state index contributed by atoms with van der Waals surface area (Å²) in [5.74, 6) is 1.14. The number of benzene rings is 1. The molecular weight excluding hydrogens is 382 g/mol. The fourth-order valence-corrected chi connectivity index (χ4v) is 4.46. The van der Waals surface area contributed by atoms with Gasteiger partial charge in [0.15, 0.2) is 0 Å². The second kappa shape index (κ2) is 12.3. The summed E-state index contributed by atoms with van der Waals surface area (Å²) in [4.78, 5) is 27.2. The first-order valence-electron chi connectivity index (χ1n) is 9.45. The topological polar surface area (TPSA) is 75.4 Å². The fourth-order valence-electron chi connectivity index (χ4n) is 3.22. The molecule has 0 radical (unpaired) electrons. The quantitative estimate of drug-likeness (QED) is 0.687. The van der Waals surface area contributed by atoms with Gasteiger partial charge in [-0.3, -0.25) is 9.59 Å². The lowest BCUT2D eigenvalue weighted by molar-refractivity contribution is -0.135. The molecule has 0 saturated carbocycles. The number of hydrogen-bond donors (Lipinski definition) is 2. The first kappa shape index (κ1) is 23.8. The number of nitrogens with zero attached hydrogens (tertiary/aromatic N) is 1. The standard InChI is InChI=1S/C20H31N3O2S.ClH/c1-15(2)18(26-14-16-7-4-3-5-8-16)20(25)23-12-6-9-17(13-23)19(24)22-11-10-21;/h3-5,7-8,15,17-18H,6,9-14,21H2,1-2H3,(H,22,24);1H. The van der Waals surface area contributed by atoms with Crippen molar-refractivity contribution in [2.24, 2.45) is 17.6 Å². The molecule has 0 bridgehead atoms. The molecule has 152 valence electrons. The maximum absolute atomic E-state index is 13.1. The largest absolute Gasteiger partial charge is 0.355 e. The van der Waals surface area contributed by atoms with Crippen LogP contribution in [0.4, 0.5) is 0 Å². The molecule has 2 unspecified atom stereocenters. The summed E-state index contributed by atoms with van der Waals surface area (Å²) in [5.41, 5.74) is 6.68. The van der Waals surface area contributed by atoms with E-state index < -0.39 is 0 Å². The number of nitrogens with two attached hydrogens (primary N) is 1. The lowest BCUT2D eigenvalue weighted by atomic mass is 9.96. The number of rotatable bonds is 8. The predicted molar refractivity (Wildman–Crippen MR) is 115 cm³/mol. The number of piperidine rings is 1. The minimum atomic E-state index is -0.119. The van der Waals surface area contributed by atoms with Crippen molar-refractivity contribution < 1.29 is 9.59 Å². The zero-order chi connectivity index (χ0) is 18.9. The molecule has 0 aromatic heterocycles. The first-order valence-corrected chi connectivity index (χ1v) is 10.5. The van der Waals surface area contributed by atoms with Crippen LogP contribution in [-0.2, 0) is 15.3 Å². The summed E-state index contributed by atoms with van der Waals surface area (Å²) in [7, 11) is 0. The highest BCUT2D eigenvalue weighted by Crippen LogP contribution is 2.27. The van der Waals surface area contributed by atoms with Gasteiger partial charge in [0.05, 0.1) is 11.2 Å². The van der Waals surface area contributed by atoms with Crippen LogP contribution in [0.2, 0.25) is 0 Å². The Labute approximate surface area is 173 Å². The third kappa shape index (κ3) is 7.35. The summed E-state index contributed by atoms with van der Waals surface area (Å²) in [6, 6.07) is 10.2. The van der Waals surface area contributed by atoms with Gasteiger partial charge in [0.1, 0.15) is 0 Å². The van der Waals surface area contributed by atoms with Crippen molar-refractivity contribution >= 4 is 36.0 Å². The monoisotopic (exact) mass is 413 g/mol. The van der Waals surface area contributed by atoms with Gasteiger partial charge in [0, 0.05) is 31.9 Å². The molecule has 5 nitrogen and oxygen atoms in total. The Morgan fingerprint density at radius 3 is 2.63 bits per heavy atom. The molecule has 2 rings (SSSR count). The summed E-state index contributed by atoms with van der Waals surface area (Å²) in [6.45, 7) is 6.38. The maximum Gasteiger partial charge on any atom is 0.235 e. The van der Waals surface area contributed by atoms with Crippen molar-refractivity contribution in [2.45, 2.75) is 37.7 Å². The van der Waals surface area contributed by atoms with Gasteiger partial charge in [-0.2, -0.15) is 0 Å². The molecule has 27 heavy (non-hydrogen) atoms. The van der Waals surface area contributed by atoms with Gasteiger partial charge in [0.25, 0.3) is 0 Å². The lowest BCUT2D eigenvalue weighted by Crippen LogP contribution is -2.49. The first-order chi connectivity index (χ1) is 12.5. The summed E-state index contributed by atoms with van der Waals surface area (Å²) >= 11 is 1.70. The van der Waals surface area contributed by atoms with Crippen molar-refractivity contribution in [1.82, 2.24) is 10.2 Å². The van der Waals surface area contributed by atoms with Crippen molar-refractivity contribution in [3.63, 3.8) is 0 Å². The zero-order valence-corrected chi connectivity index (χ0v) is 17.9. The molecule has 2 atom stereocenters. The van der Waals surface area contributed by atoms with Crippen LogP contribution in [0.25, 0.3) is 0 Å². The van der Waals surface area contributed by atoms with E-state index in [4.69, 9.17) is 5.73 Å². The number of nitrogens with one attached hydrogen (secondary N) is 1. The average Bonchev–Trinajstić information content (AvgIpc) is 2.66. The molecule has 0 spiro atoms. The molecule has 1 aliphatic heterocycles. The SMILES string of the molecule is CC(C)C(SCc1ccccc1)C(=O)N1CCCC(C(=O)NCCN)C1.Cl. The molecular formula is C20H32ClN3O2S. The number of hydrogen-bond acceptors (Lipinski definition) is 4. The Bertz CT molecular complexity index is 586. The normalized spacial score (nSPS) is 17.9. The minimum absolute atomic E-state index is 0. The summed E-state index contributed by atoms with van der Waals surface area (Å²) < 4.78 is 0. The van der Waals surface area contributed by atoms with E-state index in [0.717, 1.165) is 25.1 Å². The fraction of sp³-hybridized carbons (Fsp3) is 0.600. The van der Waals surface area contributed by atoms with Crippen LogP contribution in [0.1, 0.15) is 32.3 Å². The van der Waals surface area contributed by atoms with Gasteiger partial charge < -0.3 is 16.0 Å². The number of amides is 2. The van der Waals surface area contributed by atoms with E-state index in [9.17, 15) is 9.59 Å². The molecule has 3 N–H and O–H groups in total. The highest BCUT2D eigenvalue weighted by Gasteiger charge is 2.33. The minimum Gasteiger partial charge on any atom is -0.355 e. The number of halogens is 1. The Kier molecular flexibility index (Phi) is 10.8. The van der Waals surface area contributed by atoms with E-state index in [1.54, 1.807) is 11.8 Å². The van der Waals surface area contributed by atoms with Crippen molar-refractivity contribution in [3.05, 3.63) is 35.9 Å². The van der Waals surface area contributed by atoms with Crippen LogP contribution in [0.15, 0.2) is 30.3 Å². The van der Waals surface area contributed by atoms with Crippen LogP contribution in [0.5, 0.6) is 0 Å². The van der Waals surface area contributed by atoms with E-state index >= 15 is 0 Å². The summed E-state index contributed by atoms with van der Waals surface area (Å²) in [5, 5.41) is 2.77. The Morgan fingerprint density at radius 1 is 1.30 bits per heavy atom. The van der Waals surface area contributed by atoms with Crippen LogP contribution in [0, 0.1) is 11.8 Å². The highest BCUT2D eigenvalue weighted by molar-refractivity contribution is 7.99. The number of carbonyl (C=O) groups is 2. The number of likely N-dealkylation sites (tertiary alicyclic amines) is 1. The molecule has 1 heterocycles. The molecule has 2 amide bonds. The van der Waals surface area contributed by atoms with Gasteiger partial charge in [0.2, 0.25) is 11.8 Å². The van der Waals surface area contributed by atoms with Gasteiger partial charge >= 0.3 is 0 Å². The van der Waals surface area contributed by atoms with Gasteiger partial charge in [-0.1, -0.05) is 44.2 Å². The Morgan fingerprint density at radius 2 is 2.00 bits per heavy atom. The second-order valence-electron chi connectivity index (χ2n) is 7.16. The van der Waals surface area contributed by atoms with Crippen LogP contribution in [0.3, 0.4) is 0 Å². The molecule has 0 aliphatic carbocycles. The molecule has 1 aromatic rings. The maximum atomic E-state index is 13.1. The highest BCUT2D eigenvalue weighted by atomic mass is 35.5. The smallest absolute Gasteiger partial charge is 0.235 e. The second-order valence-corrected chi connectivity index (χ2v) is 8.29. The number of thioether (sulfide) groups is 1. The third-order valence-corrected chi connectivity index (χ3v) is 6.27. The zero-order valence-electron chi connectivity index (χ0n) is 16.2. The van der Waals surface area contributed by atoms with Gasteiger partial charge in [-0.05, 0) is 24.3 Å². The Balaban J connectivity index is 0.00000364. The van der Waals surface area contributed by atoms with Gasteiger partial charge in [-0.15, -0.1) is 24.2 Å². The molecule has 1 aromatic carbocycles. The van der Waals surface area contributed by atoms with Crippen molar-refractivity contribution in [2.75, 3.05) is 26.2 Å². The average molecular weight is 414 g/mol. The molecule has 7 heteroatoms. The molecule has 1 saturated heterocycles. The van der Waals surface area contributed by atoms with E-state index in [1.165, 1.54) is 5.56 Å². The van der Waals surface area contributed by atoms with Gasteiger partial charge in [-0.25, -0.2) is 0 Å². The Hall–Kier alpha value is -1.24. The predicted octanol–water partition coefficient (Wildman–Crippen LogP) is 2.68. The molecule has 1 aliphatic rings. The van der Waals surface area contributed by atoms with Crippen LogP contribution < -0.4 is 11.1 Å². The summed E-state index contributed by atoms with van der Waals surface area (Å²) in [6.07, 6.45) is 1.71. The number of carbonyl (C=O) groups excluding carboxylic acids is 2. The van der Waals surface area contributed by atoms with Crippen LogP contribution in [-0.4, -0.2) is 48.1 Å². The van der Waals surface area contributed by atoms with Crippen LogP contribution >= 0.6 is 24.2 Å². The van der Waals surface area contributed by atoms with Crippen molar-refractivity contribution in [1.29, 1.82) is 0 Å². The van der Waals surface area contributed by atoms with Crippen molar-refractivity contribution in [3.8, 4) is 0 Å². The van der Waals surface area contributed by atoms with E-state index in [2.05, 4.69) is 31.3 Å². The molecule has 1 fully saturated rings. The van der Waals surface area contributed by atoms with E-state index in [-0.39, 0.29) is 41.3 Å².